The van der Waals surface area contributed by atoms with Crippen LogP contribution in [0.3, 0.4) is 0 Å². The Bertz CT molecular complexity index is 643. The zero-order chi connectivity index (χ0) is 22.1. The number of carbonyl (C=O) groups excluding carboxylic acids is 4. The Labute approximate surface area is 165 Å². The molecule has 0 unspecified atom stereocenters. The van der Waals surface area contributed by atoms with E-state index in [0.29, 0.717) is 0 Å². The fourth-order valence-electron chi connectivity index (χ4n) is 1.96. The SMILES string of the molecule is C=C(C(=O)OCC)C(=O)OC(C)(C)CCOC(C)(C)C(=O)C(=C)C(=O)OCC. The average Bonchev–Trinajstić information content (AvgIpc) is 2.59. The van der Waals surface area contributed by atoms with E-state index in [2.05, 4.69) is 13.2 Å². The van der Waals surface area contributed by atoms with Crippen molar-refractivity contribution in [2.24, 2.45) is 0 Å². The van der Waals surface area contributed by atoms with Gasteiger partial charge < -0.3 is 18.9 Å². The molecule has 0 radical (unpaired) electrons. The number of esters is 3. The van der Waals surface area contributed by atoms with Crippen LogP contribution < -0.4 is 0 Å². The van der Waals surface area contributed by atoms with Crippen molar-refractivity contribution in [1.82, 2.24) is 0 Å². The molecular weight excluding hydrogens is 368 g/mol. The second kappa shape index (κ2) is 10.8. The first-order valence-corrected chi connectivity index (χ1v) is 8.93. The van der Waals surface area contributed by atoms with E-state index < -0.39 is 40.5 Å². The van der Waals surface area contributed by atoms with Crippen LogP contribution in [-0.2, 0) is 38.1 Å². The molecule has 0 rings (SSSR count). The van der Waals surface area contributed by atoms with Crippen LogP contribution in [0.1, 0.15) is 48.0 Å². The Morgan fingerprint density at radius 2 is 1.25 bits per heavy atom. The van der Waals surface area contributed by atoms with Gasteiger partial charge in [-0.1, -0.05) is 13.2 Å². The maximum Gasteiger partial charge on any atom is 0.345 e. The predicted molar refractivity (Wildman–Crippen MR) is 101 cm³/mol. The molecular formula is C20H30O8. The second-order valence-corrected chi connectivity index (χ2v) is 6.99. The van der Waals surface area contributed by atoms with Crippen LogP contribution in [0.15, 0.2) is 24.3 Å². The highest BCUT2D eigenvalue weighted by Crippen LogP contribution is 2.21. The number of carbonyl (C=O) groups is 4. The Morgan fingerprint density at radius 1 is 0.786 bits per heavy atom. The van der Waals surface area contributed by atoms with Crippen molar-refractivity contribution in [2.45, 2.75) is 59.2 Å². The smallest absolute Gasteiger partial charge is 0.345 e. The van der Waals surface area contributed by atoms with E-state index in [4.69, 9.17) is 18.9 Å². The normalized spacial score (nSPS) is 11.4. The highest BCUT2D eigenvalue weighted by atomic mass is 16.6. The van der Waals surface area contributed by atoms with Gasteiger partial charge in [-0.05, 0) is 41.5 Å². The first-order chi connectivity index (χ1) is 12.8. The average molecular weight is 398 g/mol. The molecule has 0 aliphatic carbocycles. The van der Waals surface area contributed by atoms with Gasteiger partial charge >= 0.3 is 17.9 Å². The fourth-order valence-corrected chi connectivity index (χ4v) is 1.96. The Morgan fingerprint density at radius 3 is 1.71 bits per heavy atom. The largest absolute Gasteiger partial charge is 0.462 e. The van der Waals surface area contributed by atoms with Gasteiger partial charge in [-0.3, -0.25) is 4.79 Å². The van der Waals surface area contributed by atoms with Crippen LogP contribution in [0.25, 0.3) is 0 Å². The molecule has 28 heavy (non-hydrogen) atoms. The summed E-state index contributed by atoms with van der Waals surface area (Å²) < 4.78 is 20.3. The summed E-state index contributed by atoms with van der Waals surface area (Å²) in [5.74, 6) is -3.13. The van der Waals surface area contributed by atoms with Crippen molar-refractivity contribution in [3.05, 3.63) is 24.3 Å². The molecule has 0 aliphatic heterocycles. The molecule has 158 valence electrons. The maximum atomic E-state index is 12.4. The minimum Gasteiger partial charge on any atom is -0.462 e. The predicted octanol–water partition coefficient (Wildman–Crippen LogP) is 2.30. The van der Waals surface area contributed by atoms with Gasteiger partial charge in [-0.15, -0.1) is 0 Å². The molecule has 0 amide bonds. The van der Waals surface area contributed by atoms with E-state index in [0.717, 1.165) is 0 Å². The van der Waals surface area contributed by atoms with Gasteiger partial charge in [0.15, 0.2) is 0 Å². The summed E-state index contributed by atoms with van der Waals surface area (Å²) in [6.45, 7) is 16.6. The van der Waals surface area contributed by atoms with E-state index in [1.54, 1.807) is 27.7 Å². The van der Waals surface area contributed by atoms with Crippen molar-refractivity contribution >= 4 is 23.7 Å². The lowest BCUT2D eigenvalue weighted by molar-refractivity contribution is -0.159. The zero-order valence-corrected chi connectivity index (χ0v) is 17.5. The Kier molecular flexibility index (Phi) is 9.80. The molecule has 0 spiro atoms. The molecule has 0 N–H and O–H groups in total. The first-order valence-electron chi connectivity index (χ1n) is 8.93. The van der Waals surface area contributed by atoms with Crippen LogP contribution in [0, 0.1) is 0 Å². The van der Waals surface area contributed by atoms with Gasteiger partial charge in [0.1, 0.15) is 16.8 Å². The summed E-state index contributed by atoms with van der Waals surface area (Å²) in [7, 11) is 0. The summed E-state index contributed by atoms with van der Waals surface area (Å²) in [5.41, 5.74) is -3.03. The standard InChI is InChI=1S/C20H30O8/c1-9-25-16(22)13(3)15(21)20(7,8)27-12-11-19(5,6)28-18(24)14(4)17(23)26-10-2/h3-4,9-12H2,1-2,5-8H3. The van der Waals surface area contributed by atoms with Crippen molar-refractivity contribution in [3.63, 3.8) is 0 Å². The molecule has 8 heteroatoms. The summed E-state index contributed by atoms with van der Waals surface area (Å²) in [5, 5.41) is 0. The van der Waals surface area contributed by atoms with Crippen molar-refractivity contribution in [3.8, 4) is 0 Å². The van der Waals surface area contributed by atoms with Crippen LogP contribution in [0.2, 0.25) is 0 Å². The lowest BCUT2D eigenvalue weighted by Crippen LogP contribution is -2.40. The number of rotatable bonds is 12. The lowest BCUT2D eigenvalue weighted by Gasteiger charge is -2.29. The number of ketones is 1. The van der Waals surface area contributed by atoms with E-state index in [1.807, 2.05) is 0 Å². The number of ether oxygens (including phenoxy) is 4. The molecule has 0 aliphatic rings. The van der Waals surface area contributed by atoms with Crippen molar-refractivity contribution in [2.75, 3.05) is 19.8 Å². The summed E-state index contributed by atoms with van der Waals surface area (Å²) >= 11 is 0. The zero-order valence-electron chi connectivity index (χ0n) is 17.5. The molecule has 0 aromatic carbocycles. The minimum atomic E-state index is -1.32. The van der Waals surface area contributed by atoms with Gasteiger partial charge in [0.05, 0.1) is 25.4 Å². The quantitative estimate of drug-likeness (QED) is 0.162. The topological polar surface area (TPSA) is 105 Å². The highest BCUT2D eigenvalue weighted by Gasteiger charge is 2.35. The first kappa shape index (κ1) is 25.5. The molecule has 0 aromatic heterocycles. The van der Waals surface area contributed by atoms with Crippen LogP contribution in [0.5, 0.6) is 0 Å². The van der Waals surface area contributed by atoms with Crippen LogP contribution in [0.4, 0.5) is 0 Å². The second-order valence-electron chi connectivity index (χ2n) is 6.99. The van der Waals surface area contributed by atoms with Gasteiger partial charge in [0, 0.05) is 6.42 Å². The Hall–Kier alpha value is -2.48. The Balaban J connectivity index is 4.74. The summed E-state index contributed by atoms with van der Waals surface area (Å²) in [4.78, 5) is 47.5. The van der Waals surface area contributed by atoms with E-state index in [-0.39, 0.29) is 31.8 Å². The molecule has 0 aromatic rings. The lowest BCUT2D eigenvalue weighted by atomic mass is 9.97. The molecule has 0 bridgehead atoms. The van der Waals surface area contributed by atoms with E-state index in [1.165, 1.54) is 13.8 Å². The number of hydrogen-bond acceptors (Lipinski definition) is 8. The van der Waals surface area contributed by atoms with E-state index in [9.17, 15) is 19.2 Å². The molecule has 0 saturated carbocycles. The molecule has 8 nitrogen and oxygen atoms in total. The van der Waals surface area contributed by atoms with Gasteiger partial charge in [0.25, 0.3) is 0 Å². The van der Waals surface area contributed by atoms with Crippen LogP contribution in [-0.4, -0.2) is 54.7 Å². The monoisotopic (exact) mass is 398 g/mol. The highest BCUT2D eigenvalue weighted by molar-refractivity contribution is 6.19. The minimum absolute atomic E-state index is 0.0427. The molecule has 0 atom stereocenters. The third kappa shape index (κ3) is 8.04. The third-order valence-corrected chi connectivity index (χ3v) is 3.65. The number of hydrogen-bond donors (Lipinski definition) is 0. The maximum absolute atomic E-state index is 12.4. The third-order valence-electron chi connectivity index (χ3n) is 3.65. The van der Waals surface area contributed by atoms with Gasteiger partial charge in [-0.25, -0.2) is 14.4 Å². The molecule has 0 fully saturated rings. The number of Topliss-reactive ketones (excluding diaryl/α,β-unsaturated/α-hetero) is 1. The van der Waals surface area contributed by atoms with Crippen molar-refractivity contribution < 1.29 is 38.1 Å². The molecule has 0 saturated heterocycles. The fraction of sp³-hybridized carbons (Fsp3) is 0.600. The van der Waals surface area contributed by atoms with Gasteiger partial charge in [-0.2, -0.15) is 0 Å². The summed E-state index contributed by atoms with van der Waals surface area (Å²) in [6.07, 6.45) is 0.220. The van der Waals surface area contributed by atoms with Crippen molar-refractivity contribution in [1.29, 1.82) is 0 Å². The summed E-state index contributed by atoms with van der Waals surface area (Å²) in [6, 6.07) is 0. The van der Waals surface area contributed by atoms with Gasteiger partial charge in [0.2, 0.25) is 5.78 Å². The van der Waals surface area contributed by atoms with E-state index >= 15 is 0 Å². The molecule has 0 heterocycles. The van der Waals surface area contributed by atoms with Crippen LogP contribution >= 0.6 is 0 Å².